The van der Waals surface area contributed by atoms with E-state index in [1.54, 1.807) is 11.3 Å². The Morgan fingerprint density at radius 2 is 2.00 bits per heavy atom. The normalized spacial score (nSPS) is 26.2. The van der Waals surface area contributed by atoms with Crippen molar-refractivity contribution in [3.8, 4) is 0 Å². The molecule has 4 heterocycles. The summed E-state index contributed by atoms with van der Waals surface area (Å²) in [5.74, 6) is 0.507. The second-order valence-electron chi connectivity index (χ2n) is 9.55. The summed E-state index contributed by atoms with van der Waals surface area (Å²) in [7, 11) is 0. The number of rotatable bonds is 2. The summed E-state index contributed by atoms with van der Waals surface area (Å²) in [4.78, 5) is 33.3. The molecule has 0 radical (unpaired) electrons. The molecule has 3 amide bonds. The van der Waals surface area contributed by atoms with Gasteiger partial charge in [0, 0.05) is 44.8 Å². The molecular formula is C21H34N4O3S. The number of morpholine rings is 1. The highest BCUT2D eigenvalue weighted by molar-refractivity contribution is 7.09. The monoisotopic (exact) mass is 422 g/mol. The van der Waals surface area contributed by atoms with Crippen LogP contribution >= 0.6 is 11.3 Å². The number of carbonyl (C=O) groups excluding carboxylic acids is 2. The molecule has 0 aromatic carbocycles. The molecule has 3 aliphatic heterocycles. The fraction of sp³-hybridized carbons (Fsp3) is 0.762. The maximum atomic E-state index is 13.0. The predicted molar refractivity (Wildman–Crippen MR) is 114 cm³/mol. The standard InChI is InChI=1S/C21H32N4O3S.H2/c1-21(2,3)17-13-29-19(23-17)10-14-4-7-24(8-5-14)20(27)25-9-6-16-15(11-25)22-18(26)12-28-16;/h13-16H,4-12H2,1-3H3,(H,22,26);1H/t15-,16+;/m0./s1. The van der Waals surface area contributed by atoms with Crippen LogP contribution in [0.25, 0.3) is 0 Å². The number of fused-ring (bicyclic) bond motifs is 1. The van der Waals surface area contributed by atoms with Crippen LogP contribution in [-0.4, -0.2) is 71.7 Å². The third-order valence-corrected chi connectivity index (χ3v) is 7.13. The molecule has 29 heavy (non-hydrogen) atoms. The quantitative estimate of drug-likeness (QED) is 0.795. The van der Waals surface area contributed by atoms with Crippen LogP contribution in [0.15, 0.2) is 5.38 Å². The molecule has 0 unspecified atom stereocenters. The number of hydrogen-bond acceptors (Lipinski definition) is 5. The summed E-state index contributed by atoms with van der Waals surface area (Å²) < 4.78 is 5.59. The van der Waals surface area contributed by atoms with Crippen LogP contribution in [0.3, 0.4) is 0 Å². The molecule has 0 bridgehead atoms. The van der Waals surface area contributed by atoms with E-state index in [2.05, 4.69) is 31.5 Å². The van der Waals surface area contributed by atoms with E-state index in [1.807, 2.05) is 9.80 Å². The number of likely N-dealkylation sites (tertiary alicyclic amines) is 2. The molecule has 162 valence electrons. The number of nitrogens with zero attached hydrogens (tertiary/aromatic N) is 3. The number of thiazole rings is 1. The van der Waals surface area contributed by atoms with Gasteiger partial charge in [0.05, 0.1) is 22.8 Å². The number of amides is 3. The van der Waals surface area contributed by atoms with Crippen molar-refractivity contribution in [1.29, 1.82) is 0 Å². The first-order valence-corrected chi connectivity index (χ1v) is 11.6. The molecule has 3 aliphatic rings. The highest BCUT2D eigenvalue weighted by Crippen LogP contribution is 2.28. The molecule has 0 aliphatic carbocycles. The molecule has 1 aromatic rings. The summed E-state index contributed by atoms with van der Waals surface area (Å²) in [5.41, 5.74) is 1.27. The maximum Gasteiger partial charge on any atom is 0.320 e. The van der Waals surface area contributed by atoms with Crippen LogP contribution in [0, 0.1) is 5.92 Å². The van der Waals surface area contributed by atoms with Crippen molar-refractivity contribution in [3.05, 3.63) is 16.1 Å². The molecule has 4 rings (SSSR count). The summed E-state index contributed by atoms with van der Waals surface area (Å²) >= 11 is 1.76. The lowest BCUT2D eigenvalue weighted by Crippen LogP contribution is -2.62. The van der Waals surface area contributed by atoms with Gasteiger partial charge in [-0.15, -0.1) is 11.3 Å². The zero-order chi connectivity index (χ0) is 20.6. The number of hydrogen-bond donors (Lipinski definition) is 1. The number of carbonyl (C=O) groups is 2. The lowest BCUT2D eigenvalue weighted by molar-refractivity contribution is -0.139. The Kier molecular flexibility index (Phi) is 5.84. The van der Waals surface area contributed by atoms with Crippen LogP contribution in [0.2, 0.25) is 0 Å². The van der Waals surface area contributed by atoms with E-state index >= 15 is 0 Å². The summed E-state index contributed by atoms with van der Waals surface area (Å²) in [6.45, 7) is 9.58. The maximum absolute atomic E-state index is 13.0. The first-order valence-electron chi connectivity index (χ1n) is 10.7. The van der Waals surface area contributed by atoms with E-state index in [0.717, 1.165) is 38.8 Å². The van der Waals surface area contributed by atoms with Crippen molar-refractivity contribution < 1.29 is 15.8 Å². The van der Waals surface area contributed by atoms with Crippen LogP contribution in [0.1, 0.15) is 52.2 Å². The van der Waals surface area contributed by atoms with Gasteiger partial charge in [-0.25, -0.2) is 9.78 Å². The summed E-state index contributed by atoms with van der Waals surface area (Å²) in [5, 5.41) is 6.37. The minimum atomic E-state index is -0.0850. The smallest absolute Gasteiger partial charge is 0.320 e. The van der Waals surface area contributed by atoms with Crippen molar-refractivity contribution >= 4 is 23.3 Å². The largest absolute Gasteiger partial charge is 0.366 e. The van der Waals surface area contributed by atoms with Gasteiger partial charge in [-0.3, -0.25) is 4.79 Å². The van der Waals surface area contributed by atoms with Crippen molar-refractivity contribution in [2.24, 2.45) is 5.92 Å². The second-order valence-corrected chi connectivity index (χ2v) is 10.5. The fourth-order valence-electron chi connectivity index (χ4n) is 4.40. The topological polar surface area (TPSA) is 74.8 Å². The van der Waals surface area contributed by atoms with Gasteiger partial charge in [-0.1, -0.05) is 20.8 Å². The molecule has 8 heteroatoms. The molecule has 3 fully saturated rings. The minimum absolute atomic E-state index is 0. The lowest BCUT2D eigenvalue weighted by Gasteiger charge is -2.43. The first-order chi connectivity index (χ1) is 13.8. The van der Waals surface area contributed by atoms with E-state index in [-0.39, 0.29) is 37.5 Å². The van der Waals surface area contributed by atoms with E-state index < -0.39 is 0 Å². The van der Waals surface area contributed by atoms with Crippen LogP contribution in [-0.2, 0) is 21.4 Å². The number of urea groups is 1. The zero-order valence-corrected chi connectivity index (χ0v) is 18.5. The number of aromatic nitrogens is 1. The highest BCUT2D eigenvalue weighted by atomic mass is 32.1. The Balaban J connectivity index is 0.00000256. The Morgan fingerprint density at radius 1 is 1.28 bits per heavy atom. The van der Waals surface area contributed by atoms with Crippen molar-refractivity contribution in [3.63, 3.8) is 0 Å². The van der Waals surface area contributed by atoms with Crippen molar-refractivity contribution in [2.75, 3.05) is 32.8 Å². The molecule has 2 atom stereocenters. The third-order valence-electron chi connectivity index (χ3n) is 6.26. The molecular weight excluding hydrogens is 388 g/mol. The van der Waals surface area contributed by atoms with E-state index in [0.29, 0.717) is 19.0 Å². The Hall–Kier alpha value is -1.67. The van der Waals surface area contributed by atoms with Gasteiger partial charge in [-0.05, 0) is 25.2 Å². The van der Waals surface area contributed by atoms with Crippen molar-refractivity contribution in [1.82, 2.24) is 20.1 Å². The fourth-order valence-corrected chi connectivity index (χ4v) is 5.53. The molecule has 0 spiro atoms. The van der Waals surface area contributed by atoms with Crippen molar-refractivity contribution in [2.45, 2.75) is 64.0 Å². The second kappa shape index (κ2) is 8.22. The van der Waals surface area contributed by atoms with Crippen LogP contribution in [0.4, 0.5) is 4.79 Å². The molecule has 1 N–H and O–H groups in total. The highest BCUT2D eigenvalue weighted by Gasteiger charge is 2.38. The summed E-state index contributed by atoms with van der Waals surface area (Å²) in [6.07, 6.45) is 3.89. The average Bonchev–Trinajstić information content (AvgIpc) is 3.16. The van der Waals surface area contributed by atoms with Gasteiger partial charge in [0.2, 0.25) is 5.91 Å². The van der Waals surface area contributed by atoms with Gasteiger partial charge in [0.25, 0.3) is 0 Å². The van der Waals surface area contributed by atoms with Crippen LogP contribution < -0.4 is 5.32 Å². The van der Waals surface area contributed by atoms with Crippen LogP contribution in [0.5, 0.6) is 0 Å². The van der Waals surface area contributed by atoms with Gasteiger partial charge >= 0.3 is 6.03 Å². The third kappa shape index (κ3) is 4.74. The number of piperidine rings is 2. The minimum Gasteiger partial charge on any atom is -0.366 e. The lowest BCUT2D eigenvalue weighted by atomic mass is 9.92. The number of ether oxygens (including phenoxy) is 1. The molecule has 3 saturated heterocycles. The molecule has 0 saturated carbocycles. The van der Waals surface area contributed by atoms with E-state index in [1.165, 1.54) is 10.7 Å². The Morgan fingerprint density at radius 3 is 2.69 bits per heavy atom. The van der Waals surface area contributed by atoms with Gasteiger partial charge in [-0.2, -0.15) is 0 Å². The number of nitrogens with one attached hydrogen (secondary N) is 1. The van der Waals surface area contributed by atoms with Gasteiger partial charge in [0.15, 0.2) is 0 Å². The zero-order valence-electron chi connectivity index (χ0n) is 17.6. The van der Waals surface area contributed by atoms with E-state index in [4.69, 9.17) is 9.72 Å². The SMILES string of the molecule is CC(C)(C)c1csc(CC2CCN(C(=O)N3CC[C@H]4OCC(=O)N[C@H]4C3)CC2)n1.[HH]. The Bertz CT molecular complexity index is 758. The average molecular weight is 423 g/mol. The van der Waals surface area contributed by atoms with E-state index in [9.17, 15) is 9.59 Å². The van der Waals surface area contributed by atoms with Gasteiger partial charge < -0.3 is 19.9 Å². The van der Waals surface area contributed by atoms with Gasteiger partial charge in [0.1, 0.15) is 6.61 Å². The molecule has 1 aromatic heterocycles. The Labute approximate surface area is 178 Å². The molecule has 7 nitrogen and oxygen atoms in total. The first kappa shape index (κ1) is 20.6. The summed E-state index contributed by atoms with van der Waals surface area (Å²) in [6, 6.07) is 0.0272. The predicted octanol–water partition coefficient (Wildman–Crippen LogP) is 2.65.